The number of ether oxygens (including phenoxy) is 1. The average molecular weight is 241 g/mol. The smallest absolute Gasteiger partial charge is 0.311 e. The number of hydrogen-bond donors (Lipinski definition) is 0. The van der Waals surface area contributed by atoms with Gasteiger partial charge in [0.05, 0.1) is 12.0 Å². The predicted octanol–water partition coefficient (Wildman–Crippen LogP) is 3.17. The third-order valence-corrected chi connectivity index (χ3v) is 3.29. The van der Waals surface area contributed by atoms with Crippen LogP contribution in [-0.4, -0.2) is 12.0 Å². The topological polar surface area (TPSA) is 52.4 Å². The number of nitrogens with zero attached hydrogens (tertiary/aromatic N) is 1. The minimum Gasteiger partial charge on any atom is -0.490 e. The molecule has 0 unspecified atom stereocenters. The van der Waals surface area contributed by atoms with Gasteiger partial charge in [-0.1, -0.05) is 24.3 Å². The zero-order valence-corrected chi connectivity index (χ0v) is 9.84. The van der Waals surface area contributed by atoms with Crippen LogP contribution in [0.1, 0.15) is 11.1 Å². The van der Waals surface area contributed by atoms with Gasteiger partial charge in [0.2, 0.25) is 0 Å². The number of hydrogen-bond acceptors (Lipinski definition) is 3. The quantitative estimate of drug-likeness (QED) is 0.511. The molecule has 3 rings (SSSR count). The summed E-state index contributed by atoms with van der Waals surface area (Å²) in [6.07, 6.45) is 0.746. The van der Waals surface area contributed by atoms with Gasteiger partial charge in [0.15, 0.2) is 5.75 Å². The number of nitro groups is 1. The SMILES string of the molecule is COc1cc2c(cc1[N+](=O)[O-])Cc1ccccc1-2. The fraction of sp³-hybridized carbons (Fsp3) is 0.143. The zero-order chi connectivity index (χ0) is 12.7. The Hall–Kier alpha value is -2.36. The molecule has 0 spiro atoms. The molecule has 4 heteroatoms. The number of rotatable bonds is 2. The van der Waals surface area contributed by atoms with Gasteiger partial charge in [-0.3, -0.25) is 10.1 Å². The molecular formula is C14H11NO3. The lowest BCUT2D eigenvalue weighted by Gasteiger charge is -2.05. The maximum Gasteiger partial charge on any atom is 0.311 e. The van der Waals surface area contributed by atoms with Gasteiger partial charge in [-0.15, -0.1) is 0 Å². The van der Waals surface area contributed by atoms with Crippen molar-refractivity contribution in [2.24, 2.45) is 0 Å². The van der Waals surface area contributed by atoms with E-state index in [-0.39, 0.29) is 5.69 Å². The van der Waals surface area contributed by atoms with Crippen LogP contribution in [-0.2, 0) is 6.42 Å². The molecule has 1 aliphatic carbocycles. The molecule has 0 saturated heterocycles. The van der Waals surface area contributed by atoms with Gasteiger partial charge in [-0.25, -0.2) is 0 Å². The van der Waals surface area contributed by atoms with Crippen molar-refractivity contribution >= 4 is 5.69 Å². The Labute approximate surface area is 104 Å². The second-order valence-electron chi connectivity index (χ2n) is 4.27. The summed E-state index contributed by atoms with van der Waals surface area (Å²) < 4.78 is 5.11. The minimum atomic E-state index is -0.401. The first-order chi connectivity index (χ1) is 8.70. The molecule has 2 aromatic carbocycles. The van der Waals surface area contributed by atoms with E-state index >= 15 is 0 Å². The Kier molecular flexibility index (Phi) is 2.30. The summed E-state index contributed by atoms with van der Waals surface area (Å²) >= 11 is 0. The molecule has 0 radical (unpaired) electrons. The zero-order valence-electron chi connectivity index (χ0n) is 9.84. The fourth-order valence-corrected chi connectivity index (χ4v) is 2.46. The standard InChI is InChI=1S/C14H11NO3/c1-18-14-8-12-10(7-13(14)15(16)17)6-9-4-2-3-5-11(9)12/h2-5,7-8H,6H2,1H3. The maximum absolute atomic E-state index is 11.0. The average Bonchev–Trinajstić information content (AvgIpc) is 2.74. The Morgan fingerprint density at radius 2 is 1.94 bits per heavy atom. The third kappa shape index (κ3) is 1.46. The predicted molar refractivity (Wildman–Crippen MR) is 67.9 cm³/mol. The summed E-state index contributed by atoms with van der Waals surface area (Å²) in [5.41, 5.74) is 4.40. The Bertz CT molecular complexity index is 649. The highest BCUT2D eigenvalue weighted by molar-refractivity contribution is 5.79. The van der Waals surface area contributed by atoms with Gasteiger partial charge in [0, 0.05) is 6.07 Å². The first-order valence-corrected chi connectivity index (χ1v) is 5.64. The summed E-state index contributed by atoms with van der Waals surface area (Å²) in [5.74, 6) is 0.315. The van der Waals surface area contributed by atoms with Gasteiger partial charge < -0.3 is 4.74 Å². The molecule has 0 aliphatic heterocycles. The van der Waals surface area contributed by atoms with E-state index in [1.807, 2.05) is 24.3 Å². The number of fused-ring (bicyclic) bond motifs is 3. The highest BCUT2D eigenvalue weighted by atomic mass is 16.6. The van der Waals surface area contributed by atoms with Crippen LogP contribution in [0.25, 0.3) is 11.1 Å². The van der Waals surface area contributed by atoms with Crippen LogP contribution in [0.3, 0.4) is 0 Å². The van der Waals surface area contributed by atoms with E-state index < -0.39 is 4.92 Å². The van der Waals surface area contributed by atoms with Crippen molar-refractivity contribution in [2.75, 3.05) is 7.11 Å². The molecule has 1 aliphatic rings. The fourth-order valence-electron chi connectivity index (χ4n) is 2.46. The summed E-state index contributed by atoms with van der Waals surface area (Å²) in [6, 6.07) is 11.4. The van der Waals surface area contributed by atoms with Crippen LogP contribution in [0.5, 0.6) is 5.75 Å². The van der Waals surface area contributed by atoms with Gasteiger partial charge in [-0.2, -0.15) is 0 Å². The van der Waals surface area contributed by atoms with Crippen molar-refractivity contribution in [2.45, 2.75) is 6.42 Å². The molecule has 0 bridgehead atoms. The molecule has 18 heavy (non-hydrogen) atoms. The molecule has 90 valence electrons. The lowest BCUT2D eigenvalue weighted by Crippen LogP contribution is -1.95. The maximum atomic E-state index is 11.0. The molecule has 2 aromatic rings. The first-order valence-electron chi connectivity index (χ1n) is 5.64. The van der Waals surface area contributed by atoms with Gasteiger partial charge in [0.25, 0.3) is 0 Å². The Morgan fingerprint density at radius 3 is 2.67 bits per heavy atom. The molecular weight excluding hydrogens is 230 g/mol. The van der Waals surface area contributed by atoms with E-state index in [1.54, 1.807) is 12.1 Å². The third-order valence-electron chi connectivity index (χ3n) is 3.29. The van der Waals surface area contributed by atoms with Gasteiger partial charge >= 0.3 is 5.69 Å². The largest absolute Gasteiger partial charge is 0.490 e. The second-order valence-corrected chi connectivity index (χ2v) is 4.27. The van der Waals surface area contributed by atoms with Crippen LogP contribution < -0.4 is 4.74 Å². The van der Waals surface area contributed by atoms with Crippen molar-refractivity contribution in [3.05, 3.63) is 57.6 Å². The molecule has 0 heterocycles. The summed E-state index contributed by atoms with van der Waals surface area (Å²) in [5, 5.41) is 11.0. The molecule has 0 fully saturated rings. The normalized spacial score (nSPS) is 11.8. The summed E-state index contributed by atoms with van der Waals surface area (Å²) in [6.45, 7) is 0. The van der Waals surface area contributed by atoms with Crippen LogP contribution in [0.15, 0.2) is 36.4 Å². The molecule has 0 atom stereocenters. The summed E-state index contributed by atoms with van der Waals surface area (Å²) in [7, 11) is 1.45. The number of benzene rings is 2. The van der Waals surface area contributed by atoms with Gasteiger partial charge in [0.1, 0.15) is 0 Å². The highest BCUT2D eigenvalue weighted by Crippen LogP contribution is 2.42. The van der Waals surface area contributed by atoms with E-state index in [4.69, 9.17) is 4.74 Å². The second kappa shape index (κ2) is 3.84. The van der Waals surface area contributed by atoms with Crippen LogP contribution in [0.4, 0.5) is 5.69 Å². The molecule has 4 nitrogen and oxygen atoms in total. The van der Waals surface area contributed by atoms with E-state index in [9.17, 15) is 10.1 Å². The number of methoxy groups -OCH3 is 1. The van der Waals surface area contributed by atoms with E-state index in [2.05, 4.69) is 0 Å². The number of nitro benzene ring substituents is 1. The van der Waals surface area contributed by atoms with E-state index in [1.165, 1.54) is 12.7 Å². The Balaban J connectivity index is 2.23. The van der Waals surface area contributed by atoms with E-state index in [0.29, 0.717) is 5.75 Å². The van der Waals surface area contributed by atoms with Crippen molar-refractivity contribution in [3.63, 3.8) is 0 Å². The Morgan fingerprint density at radius 1 is 1.17 bits per heavy atom. The van der Waals surface area contributed by atoms with Crippen LogP contribution in [0, 0.1) is 10.1 Å². The first kappa shape index (κ1) is 10.8. The minimum absolute atomic E-state index is 0.0315. The van der Waals surface area contributed by atoms with E-state index in [0.717, 1.165) is 23.1 Å². The highest BCUT2D eigenvalue weighted by Gasteiger charge is 2.24. The van der Waals surface area contributed by atoms with Crippen molar-refractivity contribution < 1.29 is 9.66 Å². The van der Waals surface area contributed by atoms with Crippen LogP contribution >= 0.6 is 0 Å². The summed E-state index contributed by atoms with van der Waals surface area (Å²) in [4.78, 5) is 10.6. The molecule has 0 saturated carbocycles. The van der Waals surface area contributed by atoms with Crippen molar-refractivity contribution in [1.29, 1.82) is 0 Å². The van der Waals surface area contributed by atoms with Gasteiger partial charge in [-0.05, 0) is 34.7 Å². The lowest BCUT2D eigenvalue weighted by atomic mass is 10.0. The molecule has 0 amide bonds. The molecule has 0 N–H and O–H groups in total. The molecule has 0 aromatic heterocycles. The monoisotopic (exact) mass is 241 g/mol. The lowest BCUT2D eigenvalue weighted by molar-refractivity contribution is -0.385. The van der Waals surface area contributed by atoms with Crippen LogP contribution in [0.2, 0.25) is 0 Å². The van der Waals surface area contributed by atoms with Crippen molar-refractivity contribution in [1.82, 2.24) is 0 Å². The van der Waals surface area contributed by atoms with Crippen molar-refractivity contribution in [3.8, 4) is 16.9 Å².